The van der Waals surface area contributed by atoms with Crippen molar-refractivity contribution in [3.63, 3.8) is 0 Å². The quantitative estimate of drug-likeness (QED) is 0.534. The molecule has 1 unspecified atom stereocenters. The Bertz CT molecular complexity index is 1210. The third kappa shape index (κ3) is 4.93. The Kier molecular flexibility index (Phi) is 6.50. The summed E-state index contributed by atoms with van der Waals surface area (Å²) in [6.45, 7) is 3.65. The molecule has 0 saturated heterocycles. The molecule has 2 N–H and O–H groups in total. The monoisotopic (exact) mass is 467 g/mol. The number of rotatable bonds is 7. The van der Waals surface area contributed by atoms with Crippen LogP contribution < -0.4 is 24.8 Å². The van der Waals surface area contributed by atoms with Crippen LogP contribution in [0.1, 0.15) is 23.8 Å². The number of carbonyl (C=O) groups excluding carboxylic acids is 2. The second-order valence-electron chi connectivity index (χ2n) is 7.62. The Morgan fingerprint density at radius 1 is 1.18 bits per heavy atom. The van der Waals surface area contributed by atoms with Crippen molar-refractivity contribution in [2.75, 3.05) is 24.9 Å². The minimum Gasteiger partial charge on any atom is -0.493 e. The average molecular weight is 468 g/mol. The predicted octanol–water partition coefficient (Wildman–Crippen LogP) is 4.43. The fourth-order valence-electron chi connectivity index (χ4n) is 3.55. The lowest BCUT2D eigenvalue weighted by molar-refractivity contribution is -0.122. The number of nitrogens with zero attached hydrogens (tertiary/aromatic N) is 1. The molecule has 0 saturated carbocycles. The Hall–Kier alpha value is -3.59. The number of nitrogens with one attached hydrogen (secondary N) is 2. The van der Waals surface area contributed by atoms with Crippen LogP contribution in [0.4, 0.5) is 10.8 Å². The van der Waals surface area contributed by atoms with Crippen molar-refractivity contribution in [3.8, 4) is 28.5 Å². The van der Waals surface area contributed by atoms with Gasteiger partial charge in [0.2, 0.25) is 5.91 Å². The van der Waals surface area contributed by atoms with E-state index >= 15 is 0 Å². The van der Waals surface area contributed by atoms with Crippen molar-refractivity contribution in [1.29, 1.82) is 0 Å². The molecule has 0 spiro atoms. The number of methoxy groups -OCH3 is 2. The van der Waals surface area contributed by atoms with E-state index in [-0.39, 0.29) is 11.8 Å². The number of benzene rings is 2. The van der Waals surface area contributed by atoms with Gasteiger partial charge in [-0.2, -0.15) is 0 Å². The van der Waals surface area contributed by atoms with Gasteiger partial charge in [-0.15, -0.1) is 11.3 Å². The zero-order chi connectivity index (χ0) is 23.5. The number of anilines is 2. The van der Waals surface area contributed by atoms with Gasteiger partial charge in [0.25, 0.3) is 5.91 Å². The van der Waals surface area contributed by atoms with E-state index < -0.39 is 6.10 Å². The largest absolute Gasteiger partial charge is 0.493 e. The molecule has 1 atom stereocenters. The lowest BCUT2D eigenvalue weighted by atomic mass is 10.1. The van der Waals surface area contributed by atoms with E-state index in [1.54, 1.807) is 21.1 Å². The molecule has 1 aliphatic rings. The van der Waals surface area contributed by atoms with Crippen molar-refractivity contribution in [3.05, 3.63) is 46.8 Å². The van der Waals surface area contributed by atoms with E-state index in [2.05, 4.69) is 15.6 Å². The van der Waals surface area contributed by atoms with E-state index in [4.69, 9.17) is 14.2 Å². The molecule has 3 aromatic rings. The summed E-state index contributed by atoms with van der Waals surface area (Å²) in [6, 6.07) is 11.2. The first-order valence-electron chi connectivity index (χ1n) is 10.5. The number of aromatic nitrogens is 1. The summed E-state index contributed by atoms with van der Waals surface area (Å²) >= 11 is 1.41. The predicted molar refractivity (Wildman–Crippen MR) is 128 cm³/mol. The van der Waals surface area contributed by atoms with Crippen LogP contribution in [0.25, 0.3) is 11.3 Å². The van der Waals surface area contributed by atoms with E-state index in [1.807, 2.05) is 43.3 Å². The highest BCUT2D eigenvalue weighted by atomic mass is 32.1. The summed E-state index contributed by atoms with van der Waals surface area (Å²) < 4.78 is 16.2. The molecule has 0 aliphatic carbocycles. The molecule has 2 aromatic carbocycles. The number of hydrogen-bond donors (Lipinski definition) is 2. The zero-order valence-corrected chi connectivity index (χ0v) is 19.7. The van der Waals surface area contributed by atoms with Gasteiger partial charge in [-0.05, 0) is 56.2 Å². The van der Waals surface area contributed by atoms with Crippen molar-refractivity contribution in [2.24, 2.45) is 0 Å². The summed E-state index contributed by atoms with van der Waals surface area (Å²) in [5.41, 5.74) is 3.19. The van der Waals surface area contributed by atoms with E-state index in [9.17, 15) is 9.59 Å². The SMILES string of the molecule is COc1ccc(CCC(=O)Nc2nc(-c3ccc4c(c3)NC(=O)C(C)O4)c(C)s2)cc1OC. The molecule has 4 rings (SSSR count). The number of ether oxygens (including phenoxy) is 3. The van der Waals surface area contributed by atoms with E-state index in [0.717, 1.165) is 21.7 Å². The van der Waals surface area contributed by atoms with E-state index in [1.165, 1.54) is 11.3 Å². The first kappa shape index (κ1) is 22.6. The van der Waals surface area contributed by atoms with Crippen LogP contribution in [0.15, 0.2) is 36.4 Å². The minimum absolute atomic E-state index is 0.120. The van der Waals surface area contributed by atoms with E-state index in [0.29, 0.717) is 40.9 Å². The molecule has 0 radical (unpaired) electrons. The summed E-state index contributed by atoms with van der Waals surface area (Å²) in [5.74, 6) is 1.61. The number of thiazole rings is 1. The highest BCUT2D eigenvalue weighted by Gasteiger charge is 2.24. The van der Waals surface area contributed by atoms with Crippen LogP contribution >= 0.6 is 11.3 Å². The van der Waals surface area contributed by atoms with Crippen molar-refractivity contribution < 1.29 is 23.8 Å². The van der Waals surface area contributed by atoms with Crippen LogP contribution in [0.3, 0.4) is 0 Å². The average Bonchev–Trinajstić information content (AvgIpc) is 3.17. The van der Waals surface area contributed by atoms with Crippen LogP contribution in [-0.4, -0.2) is 37.1 Å². The number of aryl methyl sites for hydroxylation is 2. The number of carbonyl (C=O) groups is 2. The van der Waals surface area contributed by atoms with Gasteiger partial charge in [0.15, 0.2) is 22.7 Å². The van der Waals surface area contributed by atoms with Gasteiger partial charge in [0.1, 0.15) is 5.75 Å². The van der Waals surface area contributed by atoms with Gasteiger partial charge in [-0.1, -0.05) is 6.07 Å². The van der Waals surface area contributed by atoms with Gasteiger partial charge in [0, 0.05) is 16.9 Å². The summed E-state index contributed by atoms with van der Waals surface area (Å²) in [6.07, 6.45) is 0.348. The zero-order valence-electron chi connectivity index (χ0n) is 18.9. The third-order valence-corrected chi connectivity index (χ3v) is 6.20. The Balaban J connectivity index is 1.42. The normalized spacial score (nSPS) is 14.7. The summed E-state index contributed by atoms with van der Waals surface area (Å²) in [4.78, 5) is 30.0. The Labute approximate surface area is 195 Å². The second-order valence-corrected chi connectivity index (χ2v) is 8.82. The van der Waals surface area contributed by atoms with Crippen LogP contribution in [-0.2, 0) is 16.0 Å². The molecule has 2 heterocycles. The highest BCUT2D eigenvalue weighted by Crippen LogP contribution is 2.37. The molecule has 172 valence electrons. The topological polar surface area (TPSA) is 98.8 Å². The highest BCUT2D eigenvalue weighted by molar-refractivity contribution is 7.16. The van der Waals surface area contributed by atoms with Gasteiger partial charge in [-0.3, -0.25) is 9.59 Å². The molecule has 33 heavy (non-hydrogen) atoms. The third-order valence-electron chi connectivity index (χ3n) is 5.32. The molecule has 0 fully saturated rings. The number of amides is 2. The van der Waals surface area contributed by atoms with Gasteiger partial charge in [0.05, 0.1) is 25.6 Å². The molecular weight excluding hydrogens is 442 g/mol. The second kappa shape index (κ2) is 9.50. The standard InChI is InChI=1S/C24H25N3O5S/c1-13-23(29)25-17-12-16(7-9-18(17)32-13)22-14(2)33-24(27-22)26-21(28)10-6-15-5-8-19(30-3)20(11-15)31-4/h5,7-9,11-13H,6,10H2,1-4H3,(H,25,29)(H,26,27,28). The number of hydrogen-bond acceptors (Lipinski definition) is 7. The maximum absolute atomic E-state index is 12.5. The molecule has 2 amide bonds. The number of fused-ring (bicyclic) bond motifs is 1. The summed E-state index contributed by atoms with van der Waals surface area (Å²) in [7, 11) is 3.17. The Morgan fingerprint density at radius 2 is 1.97 bits per heavy atom. The Morgan fingerprint density at radius 3 is 2.73 bits per heavy atom. The van der Waals surface area contributed by atoms with Crippen LogP contribution in [0.2, 0.25) is 0 Å². The van der Waals surface area contributed by atoms with Gasteiger partial charge >= 0.3 is 0 Å². The maximum atomic E-state index is 12.5. The molecule has 0 bridgehead atoms. The molecule has 8 nitrogen and oxygen atoms in total. The van der Waals surface area contributed by atoms with Crippen molar-refractivity contribution >= 4 is 34.0 Å². The first-order valence-corrected chi connectivity index (χ1v) is 11.3. The maximum Gasteiger partial charge on any atom is 0.265 e. The van der Waals surface area contributed by atoms with Crippen molar-refractivity contribution in [2.45, 2.75) is 32.8 Å². The van der Waals surface area contributed by atoms with Crippen molar-refractivity contribution in [1.82, 2.24) is 4.98 Å². The smallest absolute Gasteiger partial charge is 0.265 e. The first-order chi connectivity index (χ1) is 15.9. The van der Waals surface area contributed by atoms with Gasteiger partial charge in [-0.25, -0.2) is 4.98 Å². The molecular formula is C24H25N3O5S. The minimum atomic E-state index is -0.523. The molecule has 1 aliphatic heterocycles. The lowest BCUT2D eigenvalue weighted by Crippen LogP contribution is -2.34. The van der Waals surface area contributed by atoms with Gasteiger partial charge < -0.3 is 24.8 Å². The fourth-order valence-corrected chi connectivity index (χ4v) is 4.40. The molecule has 9 heteroatoms. The molecule has 1 aromatic heterocycles. The fraction of sp³-hybridized carbons (Fsp3) is 0.292. The lowest BCUT2D eigenvalue weighted by Gasteiger charge is -2.23. The van der Waals surface area contributed by atoms with Crippen LogP contribution in [0, 0.1) is 6.92 Å². The van der Waals surface area contributed by atoms with Crippen LogP contribution in [0.5, 0.6) is 17.2 Å². The summed E-state index contributed by atoms with van der Waals surface area (Å²) in [5, 5.41) is 6.27.